The van der Waals surface area contributed by atoms with Gasteiger partial charge >= 0.3 is 92.4 Å². The van der Waals surface area contributed by atoms with Crippen molar-refractivity contribution >= 4 is 26.0 Å². The Morgan fingerprint density at radius 2 is 1.26 bits per heavy atom. The van der Waals surface area contributed by atoms with Gasteiger partial charge in [-0.3, -0.25) is 0 Å². The number of hydrogen-bond acceptors (Lipinski definition) is 1. The Morgan fingerprint density at radius 1 is 0.842 bits per heavy atom. The molecule has 0 atom stereocenters. The minimum Gasteiger partial charge on any atom is -0.495 e. The van der Waals surface area contributed by atoms with E-state index in [1.165, 1.54) is 38.5 Å². The summed E-state index contributed by atoms with van der Waals surface area (Å²) in [5.74, 6) is 0. The van der Waals surface area contributed by atoms with E-state index in [0.717, 1.165) is 12.7 Å². The van der Waals surface area contributed by atoms with Gasteiger partial charge in [-0.2, -0.15) is 0 Å². The summed E-state index contributed by atoms with van der Waals surface area (Å²) in [4.78, 5) is 9.51. The summed E-state index contributed by atoms with van der Waals surface area (Å²) in [7, 11) is 0. The van der Waals surface area contributed by atoms with Crippen LogP contribution in [0.5, 0.6) is 0 Å². The van der Waals surface area contributed by atoms with Crippen molar-refractivity contribution in [2.75, 3.05) is 0 Å². The van der Waals surface area contributed by atoms with E-state index in [0.29, 0.717) is 12.8 Å². The van der Waals surface area contributed by atoms with E-state index in [4.69, 9.17) is 6.92 Å². The molecule has 113 valence electrons. The summed E-state index contributed by atoms with van der Waals surface area (Å²) in [6.07, 6.45) is 11.8. The third kappa shape index (κ3) is 20.9. The molecular weight excluding hydrogens is 339 g/mol. The molecule has 0 aliphatic heterocycles. The molecule has 0 aromatic heterocycles. The largest absolute Gasteiger partial charge is 0.495 e. The number of rotatable bonds is 12. The van der Waals surface area contributed by atoms with Crippen LogP contribution in [0.4, 0.5) is 0 Å². The van der Waals surface area contributed by atoms with Gasteiger partial charge in [0, 0.05) is 6.42 Å². The molecule has 0 rings (SSSR count). The molecule has 2 heteroatoms. The third-order valence-corrected chi connectivity index (χ3v) is 12.3. The Kier molecular flexibility index (Phi) is 23.8. The standard InChI is InChI=1S/C5H8O.3C4H9.Sn/c1-2-3-4-5-6;3*1-3-4-2;/h1,5H,2-4H2;3*1,3-4H2,2H3;/q-1;;;;+1. The fourth-order valence-corrected chi connectivity index (χ4v) is 11.3. The van der Waals surface area contributed by atoms with Crippen LogP contribution >= 0.6 is 0 Å². The van der Waals surface area contributed by atoms with Crippen molar-refractivity contribution in [2.24, 2.45) is 0 Å². The van der Waals surface area contributed by atoms with Crippen molar-refractivity contribution in [1.82, 2.24) is 0 Å². The molecule has 0 aliphatic carbocycles. The minimum absolute atomic E-state index is 0.608. The van der Waals surface area contributed by atoms with E-state index in [-0.39, 0.29) is 0 Å². The maximum Gasteiger partial charge on any atom is 0.119 e. The van der Waals surface area contributed by atoms with Crippen molar-refractivity contribution in [3.63, 3.8) is 0 Å². The van der Waals surface area contributed by atoms with Crippen LogP contribution in [0.25, 0.3) is 0 Å². The molecule has 1 radical (unpaired) electrons. The van der Waals surface area contributed by atoms with Crippen molar-refractivity contribution in [2.45, 2.75) is 91.9 Å². The van der Waals surface area contributed by atoms with Gasteiger partial charge in [0.25, 0.3) is 0 Å². The normalized spacial score (nSPS) is 9.68. The monoisotopic (exact) mass is 375 g/mol. The van der Waals surface area contributed by atoms with Gasteiger partial charge in [0.2, 0.25) is 0 Å². The van der Waals surface area contributed by atoms with Crippen LogP contribution in [0.15, 0.2) is 0 Å². The Balaban J connectivity index is 0. The van der Waals surface area contributed by atoms with E-state index in [9.17, 15) is 4.79 Å². The van der Waals surface area contributed by atoms with Gasteiger partial charge in [0.15, 0.2) is 0 Å². The summed E-state index contributed by atoms with van der Waals surface area (Å²) in [6.45, 7) is 12.1. The quantitative estimate of drug-likeness (QED) is 0.179. The van der Waals surface area contributed by atoms with Crippen LogP contribution in [0, 0.1) is 6.92 Å². The molecule has 0 N–H and O–H groups in total. The summed E-state index contributed by atoms with van der Waals surface area (Å²) < 4.78 is 5.04. The van der Waals surface area contributed by atoms with Crippen LogP contribution in [0.2, 0.25) is 13.3 Å². The number of unbranched alkanes of at least 4 members (excludes halogenated alkanes) is 5. The summed E-state index contributed by atoms with van der Waals surface area (Å²) in [5, 5.41) is 0. The van der Waals surface area contributed by atoms with Crippen molar-refractivity contribution in [1.29, 1.82) is 0 Å². The second kappa shape index (κ2) is 20.8. The summed E-state index contributed by atoms with van der Waals surface area (Å²) in [6, 6.07) is 0. The molecule has 0 saturated carbocycles. The maximum atomic E-state index is 9.51. The van der Waals surface area contributed by atoms with Crippen LogP contribution < -0.4 is 0 Å². The average Bonchev–Trinajstić information content (AvgIpc) is 2.45. The molecule has 0 saturated heterocycles. The Labute approximate surface area is 129 Å². The first-order valence-corrected chi connectivity index (χ1v) is 14.3. The van der Waals surface area contributed by atoms with Crippen molar-refractivity contribution in [3.8, 4) is 0 Å². The summed E-state index contributed by atoms with van der Waals surface area (Å²) in [5.41, 5.74) is 0. The SMILES string of the molecule is CCC[CH2][Sn+]([CH2]CCC)[CH2]CCC.[CH-]CCCC=O. The topological polar surface area (TPSA) is 17.1 Å². The van der Waals surface area contributed by atoms with Gasteiger partial charge < -0.3 is 11.7 Å². The predicted octanol–water partition coefficient (Wildman–Crippen LogP) is 5.95. The first kappa shape index (κ1) is 21.8. The fraction of sp³-hybridized carbons (Fsp3) is 0.882. The molecule has 0 heterocycles. The van der Waals surface area contributed by atoms with Crippen molar-refractivity contribution in [3.05, 3.63) is 6.92 Å². The van der Waals surface area contributed by atoms with E-state index in [1.807, 2.05) is 0 Å². The first-order chi connectivity index (χ1) is 9.26. The number of carbonyl (C=O) groups excluding carboxylic acids is 1. The minimum atomic E-state index is -0.839. The smallest absolute Gasteiger partial charge is 0.119 e. The number of aldehydes is 1. The van der Waals surface area contributed by atoms with Gasteiger partial charge in [-0.05, 0) is 0 Å². The predicted molar refractivity (Wildman–Crippen MR) is 89.1 cm³/mol. The summed E-state index contributed by atoms with van der Waals surface area (Å²) >= 11 is -0.839. The zero-order valence-electron chi connectivity index (χ0n) is 13.5. The van der Waals surface area contributed by atoms with Gasteiger partial charge in [0.05, 0.1) is 0 Å². The zero-order valence-corrected chi connectivity index (χ0v) is 16.4. The van der Waals surface area contributed by atoms with Gasteiger partial charge in [0.1, 0.15) is 6.29 Å². The van der Waals surface area contributed by atoms with Crippen LogP contribution in [0.3, 0.4) is 0 Å². The second-order valence-electron chi connectivity index (χ2n) is 5.16. The number of hydrogen-bond donors (Lipinski definition) is 0. The number of carbonyl (C=O) groups is 1. The van der Waals surface area contributed by atoms with Crippen LogP contribution in [0.1, 0.15) is 78.6 Å². The molecule has 1 nitrogen and oxygen atoms in total. The molecule has 0 bridgehead atoms. The van der Waals surface area contributed by atoms with E-state index in [1.54, 1.807) is 13.3 Å². The zero-order chi connectivity index (χ0) is 14.8. The molecular formula is C17H35OSn. The molecule has 0 aromatic rings. The Hall–Kier alpha value is 0.469. The average molecular weight is 374 g/mol. The second-order valence-corrected chi connectivity index (χ2v) is 13.7. The Morgan fingerprint density at radius 3 is 1.47 bits per heavy atom. The Bertz CT molecular complexity index is 140. The molecule has 0 spiro atoms. The molecule has 19 heavy (non-hydrogen) atoms. The van der Waals surface area contributed by atoms with Gasteiger partial charge in [-0.25, -0.2) is 6.42 Å². The maximum absolute atomic E-state index is 9.51. The molecule has 0 unspecified atom stereocenters. The third-order valence-electron chi connectivity index (χ3n) is 3.18. The van der Waals surface area contributed by atoms with E-state index < -0.39 is 19.8 Å². The molecule has 0 amide bonds. The first-order valence-electron chi connectivity index (χ1n) is 8.23. The van der Waals surface area contributed by atoms with Gasteiger partial charge in [-0.1, -0.05) is 6.42 Å². The van der Waals surface area contributed by atoms with E-state index in [2.05, 4.69) is 20.8 Å². The van der Waals surface area contributed by atoms with Crippen molar-refractivity contribution < 1.29 is 4.79 Å². The fourth-order valence-electron chi connectivity index (χ4n) is 1.86. The van der Waals surface area contributed by atoms with Crippen LogP contribution in [-0.2, 0) is 4.79 Å². The molecule has 0 aromatic carbocycles. The van der Waals surface area contributed by atoms with Gasteiger partial charge in [-0.15, -0.1) is 0 Å². The molecule has 0 fully saturated rings. The van der Waals surface area contributed by atoms with Crippen LogP contribution in [-0.4, -0.2) is 26.0 Å². The molecule has 0 aliphatic rings. The van der Waals surface area contributed by atoms with E-state index >= 15 is 0 Å².